The standard InChI is InChI=1S/C15H18N2O/c1-3-15(2,11-16)14(18)17-9-8-12-6-4-5-7-13(12)10-17/h4-7H,3,8-10H2,1-2H3. The lowest BCUT2D eigenvalue weighted by Gasteiger charge is -2.33. The topological polar surface area (TPSA) is 44.1 Å². The summed E-state index contributed by atoms with van der Waals surface area (Å²) in [5.74, 6) is -0.0398. The molecule has 0 saturated heterocycles. The molecule has 3 nitrogen and oxygen atoms in total. The van der Waals surface area contributed by atoms with Crippen LogP contribution in [0.15, 0.2) is 24.3 Å². The molecule has 0 bridgehead atoms. The quantitative estimate of drug-likeness (QED) is 0.799. The van der Waals surface area contributed by atoms with Crippen LogP contribution in [0.25, 0.3) is 0 Å². The van der Waals surface area contributed by atoms with Crippen LogP contribution in [-0.4, -0.2) is 17.4 Å². The number of hydrogen-bond acceptors (Lipinski definition) is 2. The third-order valence-electron chi connectivity index (χ3n) is 3.84. The summed E-state index contributed by atoms with van der Waals surface area (Å²) < 4.78 is 0. The Labute approximate surface area is 108 Å². The molecule has 1 unspecified atom stereocenters. The van der Waals surface area contributed by atoms with Gasteiger partial charge in [0.1, 0.15) is 5.41 Å². The van der Waals surface area contributed by atoms with E-state index in [1.54, 1.807) is 6.92 Å². The second-order valence-electron chi connectivity index (χ2n) is 5.04. The van der Waals surface area contributed by atoms with E-state index in [9.17, 15) is 10.1 Å². The fourth-order valence-electron chi connectivity index (χ4n) is 2.30. The average molecular weight is 242 g/mol. The highest BCUT2D eigenvalue weighted by Gasteiger charge is 2.36. The van der Waals surface area contributed by atoms with E-state index in [1.165, 1.54) is 11.1 Å². The highest BCUT2D eigenvalue weighted by molar-refractivity contribution is 5.85. The summed E-state index contributed by atoms with van der Waals surface area (Å²) >= 11 is 0. The van der Waals surface area contributed by atoms with Crippen LogP contribution in [0.2, 0.25) is 0 Å². The van der Waals surface area contributed by atoms with Gasteiger partial charge in [0.05, 0.1) is 6.07 Å². The predicted molar refractivity (Wildman–Crippen MR) is 69.6 cm³/mol. The van der Waals surface area contributed by atoms with E-state index >= 15 is 0 Å². The average Bonchev–Trinajstić information content (AvgIpc) is 2.45. The van der Waals surface area contributed by atoms with Crippen LogP contribution >= 0.6 is 0 Å². The predicted octanol–water partition coefficient (Wildman–Crippen LogP) is 2.51. The van der Waals surface area contributed by atoms with Crippen molar-refractivity contribution < 1.29 is 4.79 Å². The van der Waals surface area contributed by atoms with Gasteiger partial charge in [-0.3, -0.25) is 4.79 Å². The van der Waals surface area contributed by atoms with E-state index in [0.717, 1.165) is 6.42 Å². The van der Waals surface area contributed by atoms with Crippen molar-refractivity contribution in [2.75, 3.05) is 6.54 Å². The van der Waals surface area contributed by atoms with Gasteiger partial charge in [-0.1, -0.05) is 31.2 Å². The second kappa shape index (κ2) is 4.81. The molecule has 18 heavy (non-hydrogen) atoms. The van der Waals surface area contributed by atoms with Gasteiger partial charge in [0.25, 0.3) is 0 Å². The van der Waals surface area contributed by atoms with Crippen LogP contribution in [-0.2, 0) is 17.8 Å². The molecule has 0 radical (unpaired) electrons. The molecular formula is C15H18N2O. The monoisotopic (exact) mass is 242 g/mol. The first-order chi connectivity index (χ1) is 8.60. The van der Waals surface area contributed by atoms with Crippen molar-refractivity contribution >= 4 is 5.91 Å². The molecule has 0 fully saturated rings. The van der Waals surface area contributed by atoms with Gasteiger partial charge in [0.2, 0.25) is 5.91 Å². The highest BCUT2D eigenvalue weighted by Crippen LogP contribution is 2.27. The molecule has 1 atom stereocenters. The SMILES string of the molecule is CCC(C)(C#N)C(=O)N1CCc2ccccc2C1. The molecule has 3 heteroatoms. The number of nitrogens with zero attached hydrogens (tertiary/aromatic N) is 2. The molecule has 1 amide bonds. The molecule has 0 aromatic heterocycles. The molecule has 0 spiro atoms. The van der Waals surface area contributed by atoms with Gasteiger partial charge in [-0.15, -0.1) is 0 Å². The van der Waals surface area contributed by atoms with Crippen molar-refractivity contribution in [2.45, 2.75) is 33.2 Å². The van der Waals surface area contributed by atoms with E-state index in [0.29, 0.717) is 19.5 Å². The van der Waals surface area contributed by atoms with Crippen molar-refractivity contribution in [1.82, 2.24) is 4.90 Å². The van der Waals surface area contributed by atoms with Crippen LogP contribution in [0.5, 0.6) is 0 Å². The third-order valence-corrected chi connectivity index (χ3v) is 3.84. The maximum atomic E-state index is 12.4. The Morgan fingerprint density at radius 3 is 2.72 bits per heavy atom. The first-order valence-electron chi connectivity index (χ1n) is 6.38. The summed E-state index contributed by atoms with van der Waals surface area (Å²) in [6.45, 7) is 4.97. The molecule has 0 saturated carbocycles. The Hall–Kier alpha value is -1.82. The molecule has 1 aliphatic heterocycles. The smallest absolute Gasteiger partial charge is 0.243 e. The van der Waals surface area contributed by atoms with Crippen molar-refractivity contribution in [3.05, 3.63) is 35.4 Å². The normalized spacial score (nSPS) is 17.5. The molecule has 1 aromatic rings. The number of fused-ring (bicyclic) bond motifs is 1. The number of amides is 1. The number of carbonyl (C=O) groups is 1. The fourth-order valence-corrected chi connectivity index (χ4v) is 2.30. The molecule has 0 aliphatic carbocycles. The number of hydrogen-bond donors (Lipinski definition) is 0. The van der Waals surface area contributed by atoms with E-state index in [1.807, 2.05) is 24.0 Å². The second-order valence-corrected chi connectivity index (χ2v) is 5.04. The van der Waals surface area contributed by atoms with Crippen LogP contribution in [0.1, 0.15) is 31.4 Å². The lowest BCUT2D eigenvalue weighted by molar-refractivity contribution is -0.139. The van der Waals surface area contributed by atoms with Crippen molar-refractivity contribution in [1.29, 1.82) is 5.26 Å². The minimum absolute atomic E-state index is 0.0398. The first kappa shape index (κ1) is 12.6. The Morgan fingerprint density at radius 2 is 2.11 bits per heavy atom. The van der Waals surface area contributed by atoms with Gasteiger partial charge in [-0.25, -0.2) is 0 Å². The van der Waals surface area contributed by atoms with Gasteiger partial charge in [0.15, 0.2) is 0 Å². The minimum Gasteiger partial charge on any atom is -0.337 e. The lowest BCUT2D eigenvalue weighted by Crippen LogP contribution is -2.44. The number of rotatable bonds is 2. The zero-order chi connectivity index (χ0) is 13.2. The molecular weight excluding hydrogens is 224 g/mol. The Morgan fingerprint density at radius 1 is 1.44 bits per heavy atom. The molecule has 94 valence electrons. The minimum atomic E-state index is -0.883. The summed E-state index contributed by atoms with van der Waals surface area (Å²) in [5.41, 5.74) is 1.64. The Kier molecular flexibility index (Phi) is 3.38. The van der Waals surface area contributed by atoms with Gasteiger partial charge in [-0.05, 0) is 30.9 Å². The molecule has 0 N–H and O–H groups in total. The number of benzene rings is 1. The summed E-state index contributed by atoms with van der Waals surface area (Å²) in [6, 6.07) is 10.4. The zero-order valence-corrected chi connectivity index (χ0v) is 10.9. The van der Waals surface area contributed by atoms with Gasteiger partial charge < -0.3 is 4.90 Å². The van der Waals surface area contributed by atoms with E-state index < -0.39 is 5.41 Å². The van der Waals surface area contributed by atoms with E-state index in [4.69, 9.17) is 0 Å². The molecule has 2 rings (SSSR count). The van der Waals surface area contributed by atoms with Crippen LogP contribution in [0, 0.1) is 16.7 Å². The number of carbonyl (C=O) groups excluding carboxylic acids is 1. The largest absolute Gasteiger partial charge is 0.337 e. The molecule has 1 aromatic carbocycles. The van der Waals surface area contributed by atoms with Crippen molar-refractivity contribution in [3.8, 4) is 6.07 Å². The summed E-state index contributed by atoms with van der Waals surface area (Å²) in [6.07, 6.45) is 1.44. The number of nitriles is 1. The first-order valence-corrected chi connectivity index (χ1v) is 6.38. The lowest BCUT2D eigenvalue weighted by atomic mass is 9.86. The molecule has 1 heterocycles. The van der Waals surface area contributed by atoms with Gasteiger partial charge >= 0.3 is 0 Å². The fraction of sp³-hybridized carbons (Fsp3) is 0.467. The van der Waals surface area contributed by atoms with Crippen molar-refractivity contribution in [2.24, 2.45) is 5.41 Å². The van der Waals surface area contributed by atoms with Crippen LogP contribution in [0.3, 0.4) is 0 Å². The third kappa shape index (κ3) is 2.11. The van der Waals surface area contributed by atoms with E-state index in [2.05, 4.69) is 18.2 Å². The van der Waals surface area contributed by atoms with Crippen LogP contribution < -0.4 is 0 Å². The maximum Gasteiger partial charge on any atom is 0.243 e. The van der Waals surface area contributed by atoms with Crippen LogP contribution in [0.4, 0.5) is 0 Å². The highest BCUT2D eigenvalue weighted by atomic mass is 16.2. The summed E-state index contributed by atoms with van der Waals surface area (Å²) in [5, 5.41) is 9.18. The summed E-state index contributed by atoms with van der Waals surface area (Å²) in [7, 11) is 0. The van der Waals surface area contributed by atoms with Gasteiger partial charge in [-0.2, -0.15) is 5.26 Å². The van der Waals surface area contributed by atoms with E-state index in [-0.39, 0.29) is 5.91 Å². The zero-order valence-electron chi connectivity index (χ0n) is 10.9. The Balaban J connectivity index is 2.19. The summed E-state index contributed by atoms with van der Waals surface area (Å²) in [4.78, 5) is 14.2. The maximum absolute atomic E-state index is 12.4. The molecule has 1 aliphatic rings. The Bertz CT molecular complexity index is 503. The van der Waals surface area contributed by atoms with Gasteiger partial charge in [0, 0.05) is 13.1 Å². The van der Waals surface area contributed by atoms with Crippen molar-refractivity contribution in [3.63, 3.8) is 0 Å².